The largest absolute Gasteiger partial charge is 0.465 e. The van der Waals surface area contributed by atoms with E-state index in [9.17, 15) is 14.4 Å². The van der Waals surface area contributed by atoms with E-state index in [0.717, 1.165) is 17.3 Å². The van der Waals surface area contributed by atoms with Crippen LogP contribution in [0.5, 0.6) is 0 Å². The maximum Gasteiger partial charge on any atom is 0.337 e. The van der Waals surface area contributed by atoms with Crippen LogP contribution in [0.1, 0.15) is 15.9 Å². The normalized spacial score (nSPS) is 10.8. The van der Waals surface area contributed by atoms with Gasteiger partial charge in [0.2, 0.25) is 5.91 Å². The Morgan fingerprint density at radius 3 is 2.61 bits per heavy atom. The summed E-state index contributed by atoms with van der Waals surface area (Å²) in [5.74, 6) is -1.01. The first kappa shape index (κ1) is 19.6. The topological polar surface area (TPSA) is 104 Å². The first-order valence-electron chi connectivity index (χ1n) is 8.57. The average Bonchev–Trinajstić information content (AvgIpc) is 2.71. The number of esters is 1. The van der Waals surface area contributed by atoms with Crippen LogP contribution in [0.15, 0.2) is 58.5 Å². The SMILES string of the molecule is COC(=O)c1ccc2c(=O)n(CCc3ccccc3)c(SCC(N)=O)nc2c1. The van der Waals surface area contributed by atoms with Crippen LogP contribution in [-0.4, -0.2) is 34.3 Å². The fourth-order valence-electron chi connectivity index (χ4n) is 2.77. The van der Waals surface area contributed by atoms with Gasteiger partial charge in [-0.1, -0.05) is 42.1 Å². The summed E-state index contributed by atoms with van der Waals surface area (Å²) in [7, 11) is 1.29. The molecule has 0 bridgehead atoms. The van der Waals surface area contributed by atoms with Crippen molar-refractivity contribution < 1.29 is 14.3 Å². The molecule has 0 aliphatic carbocycles. The summed E-state index contributed by atoms with van der Waals surface area (Å²) in [6.07, 6.45) is 0.637. The number of ether oxygens (including phenoxy) is 1. The van der Waals surface area contributed by atoms with E-state index >= 15 is 0 Å². The van der Waals surface area contributed by atoms with Gasteiger partial charge in [0, 0.05) is 6.54 Å². The molecule has 0 unspecified atom stereocenters. The van der Waals surface area contributed by atoms with Crippen molar-refractivity contribution in [2.24, 2.45) is 5.73 Å². The number of hydrogen-bond acceptors (Lipinski definition) is 6. The van der Waals surface area contributed by atoms with E-state index in [1.165, 1.54) is 19.2 Å². The molecular formula is C20H19N3O4S. The van der Waals surface area contributed by atoms with E-state index in [1.807, 2.05) is 30.3 Å². The van der Waals surface area contributed by atoms with Gasteiger partial charge in [-0.3, -0.25) is 14.2 Å². The number of aryl methyl sites for hydroxylation is 1. The van der Waals surface area contributed by atoms with Crippen molar-refractivity contribution in [1.82, 2.24) is 9.55 Å². The minimum Gasteiger partial charge on any atom is -0.465 e. The molecule has 3 aromatic rings. The molecule has 3 rings (SSSR count). The molecule has 0 atom stereocenters. The van der Waals surface area contributed by atoms with E-state index in [2.05, 4.69) is 4.98 Å². The fraction of sp³-hybridized carbons (Fsp3) is 0.200. The number of thioether (sulfide) groups is 1. The zero-order chi connectivity index (χ0) is 20.1. The Hall–Kier alpha value is -3.13. The summed E-state index contributed by atoms with van der Waals surface area (Å²) < 4.78 is 6.26. The lowest BCUT2D eigenvalue weighted by molar-refractivity contribution is -0.115. The third-order valence-electron chi connectivity index (χ3n) is 4.15. The summed E-state index contributed by atoms with van der Waals surface area (Å²) >= 11 is 1.10. The van der Waals surface area contributed by atoms with Crippen molar-refractivity contribution in [2.75, 3.05) is 12.9 Å². The molecule has 8 heteroatoms. The van der Waals surface area contributed by atoms with Gasteiger partial charge in [0.05, 0.1) is 29.3 Å². The number of primary amides is 1. The predicted molar refractivity (Wildman–Crippen MR) is 107 cm³/mol. The highest BCUT2D eigenvalue weighted by molar-refractivity contribution is 7.99. The van der Waals surface area contributed by atoms with Crippen LogP contribution in [0.4, 0.5) is 0 Å². The molecule has 1 amide bonds. The number of carbonyl (C=O) groups excluding carboxylic acids is 2. The lowest BCUT2D eigenvalue weighted by Gasteiger charge is -2.13. The molecule has 2 aromatic carbocycles. The Morgan fingerprint density at radius 1 is 1.18 bits per heavy atom. The number of aromatic nitrogens is 2. The molecule has 0 radical (unpaired) electrons. The molecule has 7 nitrogen and oxygen atoms in total. The Bertz CT molecular complexity index is 1080. The molecule has 1 aromatic heterocycles. The second kappa shape index (κ2) is 8.71. The van der Waals surface area contributed by atoms with Crippen LogP contribution < -0.4 is 11.3 Å². The Kier molecular flexibility index (Phi) is 6.10. The molecule has 28 heavy (non-hydrogen) atoms. The predicted octanol–water partition coefficient (Wildman–Crippen LogP) is 2.00. The standard InChI is InChI=1S/C20H19N3O4S/c1-27-19(26)14-7-8-15-16(11-14)22-20(28-12-17(21)24)23(18(15)25)10-9-13-5-3-2-4-6-13/h2-8,11H,9-10,12H2,1H3,(H2,21,24). The van der Waals surface area contributed by atoms with Crippen molar-refractivity contribution in [3.63, 3.8) is 0 Å². The van der Waals surface area contributed by atoms with Crippen molar-refractivity contribution in [2.45, 2.75) is 18.1 Å². The number of methoxy groups -OCH3 is 1. The van der Waals surface area contributed by atoms with Crippen molar-refractivity contribution >= 4 is 34.5 Å². The number of benzene rings is 2. The first-order chi connectivity index (χ1) is 13.5. The van der Waals surface area contributed by atoms with Crippen LogP contribution in [0, 0.1) is 0 Å². The molecule has 2 N–H and O–H groups in total. The molecule has 0 saturated carbocycles. The number of hydrogen-bond donors (Lipinski definition) is 1. The zero-order valence-corrected chi connectivity index (χ0v) is 16.1. The van der Waals surface area contributed by atoms with Crippen LogP contribution in [0.25, 0.3) is 10.9 Å². The Balaban J connectivity index is 2.04. The van der Waals surface area contributed by atoms with Crippen molar-refractivity contribution in [3.05, 3.63) is 70.0 Å². The number of amides is 1. The summed E-state index contributed by atoms with van der Waals surface area (Å²) in [6.45, 7) is 0.408. The maximum absolute atomic E-state index is 13.0. The van der Waals surface area contributed by atoms with Gasteiger partial charge in [0.1, 0.15) is 0 Å². The minimum atomic E-state index is -0.511. The van der Waals surface area contributed by atoms with Crippen LogP contribution in [0.3, 0.4) is 0 Å². The lowest BCUT2D eigenvalue weighted by Crippen LogP contribution is -2.25. The monoisotopic (exact) mass is 397 g/mol. The molecule has 144 valence electrons. The summed E-state index contributed by atoms with van der Waals surface area (Å²) in [5.41, 5.74) is 6.78. The molecule has 0 saturated heterocycles. The van der Waals surface area contributed by atoms with Gasteiger partial charge in [0.25, 0.3) is 5.56 Å². The van der Waals surface area contributed by atoms with E-state index in [1.54, 1.807) is 10.6 Å². The second-order valence-corrected chi connectivity index (χ2v) is 7.01. The maximum atomic E-state index is 13.0. The van der Waals surface area contributed by atoms with Gasteiger partial charge < -0.3 is 10.5 Å². The molecule has 0 spiro atoms. The van der Waals surface area contributed by atoms with Crippen LogP contribution in [-0.2, 0) is 22.5 Å². The molecular weight excluding hydrogens is 378 g/mol. The van der Waals surface area contributed by atoms with Gasteiger partial charge in [0.15, 0.2) is 5.16 Å². The summed E-state index contributed by atoms with van der Waals surface area (Å²) in [4.78, 5) is 40.5. The van der Waals surface area contributed by atoms with E-state index in [4.69, 9.17) is 10.5 Å². The number of fused-ring (bicyclic) bond motifs is 1. The van der Waals surface area contributed by atoms with Crippen LogP contribution >= 0.6 is 11.8 Å². The third kappa shape index (κ3) is 4.40. The quantitative estimate of drug-likeness (QED) is 0.371. The first-order valence-corrected chi connectivity index (χ1v) is 9.56. The minimum absolute atomic E-state index is 0.0000238. The Labute approximate surface area is 165 Å². The van der Waals surface area contributed by atoms with Gasteiger partial charge in [-0.25, -0.2) is 9.78 Å². The third-order valence-corrected chi connectivity index (χ3v) is 5.15. The van der Waals surface area contributed by atoms with Gasteiger partial charge in [-0.05, 0) is 30.2 Å². The van der Waals surface area contributed by atoms with Crippen molar-refractivity contribution in [1.29, 1.82) is 0 Å². The molecule has 0 aliphatic rings. The number of rotatable bonds is 7. The summed E-state index contributed by atoms with van der Waals surface area (Å²) in [6, 6.07) is 14.4. The Morgan fingerprint density at radius 2 is 1.93 bits per heavy atom. The average molecular weight is 397 g/mol. The number of nitrogens with zero attached hydrogens (tertiary/aromatic N) is 2. The van der Waals surface area contributed by atoms with E-state index in [0.29, 0.717) is 34.6 Å². The van der Waals surface area contributed by atoms with Gasteiger partial charge in [-0.15, -0.1) is 0 Å². The van der Waals surface area contributed by atoms with Gasteiger partial charge in [-0.2, -0.15) is 0 Å². The van der Waals surface area contributed by atoms with Crippen LogP contribution in [0.2, 0.25) is 0 Å². The highest BCUT2D eigenvalue weighted by Crippen LogP contribution is 2.19. The summed E-state index contributed by atoms with van der Waals surface area (Å²) in [5, 5.41) is 0.776. The molecule has 1 heterocycles. The highest BCUT2D eigenvalue weighted by Gasteiger charge is 2.15. The lowest BCUT2D eigenvalue weighted by atomic mass is 10.1. The number of nitrogens with two attached hydrogens (primary N) is 1. The van der Waals surface area contributed by atoms with Crippen molar-refractivity contribution in [3.8, 4) is 0 Å². The molecule has 0 aliphatic heterocycles. The smallest absolute Gasteiger partial charge is 0.337 e. The van der Waals surface area contributed by atoms with E-state index < -0.39 is 11.9 Å². The fourth-order valence-corrected chi connectivity index (χ4v) is 3.54. The highest BCUT2D eigenvalue weighted by atomic mass is 32.2. The van der Waals surface area contributed by atoms with Gasteiger partial charge >= 0.3 is 5.97 Å². The van der Waals surface area contributed by atoms with E-state index in [-0.39, 0.29) is 11.3 Å². The zero-order valence-electron chi connectivity index (χ0n) is 15.3. The second-order valence-electron chi connectivity index (χ2n) is 6.07. The molecule has 0 fully saturated rings. The number of carbonyl (C=O) groups is 2.